The summed E-state index contributed by atoms with van der Waals surface area (Å²) in [6, 6.07) is 0. The molecule has 1 fully saturated rings. The zero-order valence-corrected chi connectivity index (χ0v) is 10.2. The average Bonchev–Trinajstić information content (AvgIpc) is 2.76. The van der Waals surface area contributed by atoms with Gasteiger partial charge < -0.3 is 9.84 Å². The molecule has 0 radical (unpaired) electrons. The van der Waals surface area contributed by atoms with Gasteiger partial charge in [-0.2, -0.15) is 0 Å². The van der Waals surface area contributed by atoms with E-state index in [4.69, 9.17) is 4.74 Å². The number of unbranched alkanes of at least 4 members (excludes halogenated alkanes) is 1. The van der Waals surface area contributed by atoms with E-state index in [2.05, 4.69) is 13.8 Å². The van der Waals surface area contributed by atoms with Crippen molar-refractivity contribution in [1.82, 2.24) is 0 Å². The maximum absolute atomic E-state index is 9.90. The normalized spacial score (nSPS) is 25.4. The molecule has 1 N–H and O–H groups in total. The van der Waals surface area contributed by atoms with E-state index < -0.39 is 0 Å². The summed E-state index contributed by atoms with van der Waals surface area (Å²) >= 11 is 0. The molecule has 1 aliphatic rings. The van der Waals surface area contributed by atoms with Gasteiger partial charge in [0, 0.05) is 6.61 Å². The average molecular weight is 214 g/mol. The summed E-state index contributed by atoms with van der Waals surface area (Å²) in [5.41, 5.74) is 0. The monoisotopic (exact) mass is 214 g/mol. The first-order valence-corrected chi connectivity index (χ1v) is 6.53. The molecule has 0 aromatic heterocycles. The summed E-state index contributed by atoms with van der Waals surface area (Å²) in [6.07, 6.45) is 8.01. The topological polar surface area (TPSA) is 29.5 Å². The maximum Gasteiger partial charge on any atom is 0.0834 e. The second-order valence-electron chi connectivity index (χ2n) is 4.94. The lowest BCUT2D eigenvalue weighted by Gasteiger charge is -2.19. The molecule has 2 nitrogen and oxygen atoms in total. The van der Waals surface area contributed by atoms with Gasteiger partial charge in [0.25, 0.3) is 0 Å². The molecular weight excluding hydrogens is 188 g/mol. The summed E-state index contributed by atoms with van der Waals surface area (Å²) in [4.78, 5) is 0. The summed E-state index contributed by atoms with van der Waals surface area (Å²) in [5, 5.41) is 9.90. The van der Waals surface area contributed by atoms with Gasteiger partial charge in [0.05, 0.1) is 12.2 Å². The van der Waals surface area contributed by atoms with E-state index in [0.717, 1.165) is 38.2 Å². The number of hydrogen-bond acceptors (Lipinski definition) is 2. The van der Waals surface area contributed by atoms with Crippen LogP contribution in [0.4, 0.5) is 0 Å². The fourth-order valence-electron chi connectivity index (χ4n) is 2.24. The molecule has 0 aromatic rings. The smallest absolute Gasteiger partial charge is 0.0834 e. The molecule has 1 saturated heterocycles. The van der Waals surface area contributed by atoms with E-state index in [-0.39, 0.29) is 12.2 Å². The number of ether oxygens (including phenoxy) is 1. The third kappa shape index (κ3) is 4.98. The molecule has 0 spiro atoms. The van der Waals surface area contributed by atoms with E-state index in [1.54, 1.807) is 0 Å². The first-order valence-electron chi connectivity index (χ1n) is 6.53. The molecule has 1 rings (SSSR count). The van der Waals surface area contributed by atoms with Crippen molar-refractivity contribution in [3.05, 3.63) is 0 Å². The molecule has 0 aromatic carbocycles. The Balaban J connectivity index is 2.07. The van der Waals surface area contributed by atoms with Gasteiger partial charge in [-0.3, -0.25) is 0 Å². The highest BCUT2D eigenvalue weighted by molar-refractivity contribution is 4.74. The molecule has 90 valence electrons. The van der Waals surface area contributed by atoms with Crippen molar-refractivity contribution in [2.24, 2.45) is 5.92 Å². The van der Waals surface area contributed by atoms with Crippen LogP contribution in [0.1, 0.15) is 58.8 Å². The molecule has 1 aliphatic heterocycles. The van der Waals surface area contributed by atoms with Crippen LogP contribution in [-0.4, -0.2) is 23.9 Å². The van der Waals surface area contributed by atoms with E-state index >= 15 is 0 Å². The Morgan fingerprint density at radius 3 is 2.73 bits per heavy atom. The van der Waals surface area contributed by atoms with Crippen LogP contribution >= 0.6 is 0 Å². The minimum Gasteiger partial charge on any atom is -0.390 e. The molecule has 0 saturated carbocycles. The summed E-state index contributed by atoms with van der Waals surface area (Å²) in [6.45, 7) is 5.36. The fourth-order valence-corrected chi connectivity index (χ4v) is 2.24. The van der Waals surface area contributed by atoms with Crippen molar-refractivity contribution in [1.29, 1.82) is 0 Å². The van der Waals surface area contributed by atoms with Crippen LogP contribution < -0.4 is 0 Å². The number of rotatable bonds is 7. The van der Waals surface area contributed by atoms with Gasteiger partial charge in [-0.25, -0.2) is 0 Å². The van der Waals surface area contributed by atoms with Crippen molar-refractivity contribution in [2.45, 2.75) is 71.0 Å². The van der Waals surface area contributed by atoms with Crippen molar-refractivity contribution in [3.63, 3.8) is 0 Å². The summed E-state index contributed by atoms with van der Waals surface area (Å²) in [5.74, 6) is 0.751. The molecule has 2 heteroatoms. The highest BCUT2D eigenvalue weighted by atomic mass is 16.5. The first kappa shape index (κ1) is 13.0. The predicted octanol–water partition coefficient (Wildman–Crippen LogP) is 3.13. The standard InChI is InChI=1S/C13H26O2/c1-3-4-6-11(2)8-9-12(14)13-7-5-10-15-13/h11-14H,3-10H2,1-2H3. The van der Waals surface area contributed by atoms with Crippen molar-refractivity contribution >= 4 is 0 Å². The minimum absolute atomic E-state index is 0.128. The number of aliphatic hydroxyl groups excluding tert-OH is 1. The van der Waals surface area contributed by atoms with Crippen molar-refractivity contribution in [3.8, 4) is 0 Å². The van der Waals surface area contributed by atoms with Crippen LogP contribution in [0.15, 0.2) is 0 Å². The van der Waals surface area contributed by atoms with Gasteiger partial charge >= 0.3 is 0 Å². The van der Waals surface area contributed by atoms with Crippen LogP contribution in [0.3, 0.4) is 0 Å². The van der Waals surface area contributed by atoms with Gasteiger partial charge in [-0.1, -0.05) is 33.1 Å². The third-order valence-corrected chi connectivity index (χ3v) is 3.40. The Bertz CT molecular complexity index is 153. The Labute approximate surface area is 94.0 Å². The van der Waals surface area contributed by atoms with Gasteiger partial charge in [-0.15, -0.1) is 0 Å². The summed E-state index contributed by atoms with van der Waals surface area (Å²) < 4.78 is 5.48. The van der Waals surface area contributed by atoms with E-state index in [1.807, 2.05) is 0 Å². The molecule has 15 heavy (non-hydrogen) atoms. The lowest BCUT2D eigenvalue weighted by molar-refractivity contribution is -0.00792. The van der Waals surface area contributed by atoms with Gasteiger partial charge in [0.2, 0.25) is 0 Å². The lowest BCUT2D eigenvalue weighted by atomic mass is 9.95. The number of aliphatic hydroxyl groups is 1. The molecule has 0 aliphatic carbocycles. The quantitative estimate of drug-likeness (QED) is 0.705. The van der Waals surface area contributed by atoms with Crippen LogP contribution in [-0.2, 0) is 4.74 Å². The molecule has 1 heterocycles. The van der Waals surface area contributed by atoms with Crippen molar-refractivity contribution < 1.29 is 9.84 Å². The van der Waals surface area contributed by atoms with Gasteiger partial charge in [-0.05, 0) is 31.6 Å². The predicted molar refractivity (Wildman–Crippen MR) is 62.9 cm³/mol. The second kappa shape index (κ2) is 7.24. The van der Waals surface area contributed by atoms with Crippen LogP contribution in [0, 0.1) is 5.92 Å². The maximum atomic E-state index is 9.90. The van der Waals surface area contributed by atoms with Crippen LogP contribution in [0.2, 0.25) is 0 Å². The second-order valence-corrected chi connectivity index (χ2v) is 4.94. The van der Waals surface area contributed by atoms with Gasteiger partial charge in [0.15, 0.2) is 0 Å². The Kier molecular flexibility index (Phi) is 6.26. The van der Waals surface area contributed by atoms with Crippen molar-refractivity contribution in [2.75, 3.05) is 6.61 Å². The lowest BCUT2D eigenvalue weighted by Crippen LogP contribution is -2.25. The molecule has 3 atom stereocenters. The Morgan fingerprint density at radius 1 is 1.33 bits per heavy atom. The molecular formula is C13H26O2. The highest BCUT2D eigenvalue weighted by Crippen LogP contribution is 2.21. The molecule has 0 amide bonds. The zero-order valence-electron chi connectivity index (χ0n) is 10.2. The van der Waals surface area contributed by atoms with Gasteiger partial charge in [0.1, 0.15) is 0 Å². The molecule has 3 unspecified atom stereocenters. The Morgan fingerprint density at radius 2 is 2.13 bits per heavy atom. The number of hydrogen-bond donors (Lipinski definition) is 1. The summed E-state index contributed by atoms with van der Waals surface area (Å²) in [7, 11) is 0. The third-order valence-electron chi connectivity index (χ3n) is 3.40. The van der Waals surface area contributed by atoms with E-state index in [0.29, 0.717) is 0 Å². The van der Waals surface area contributed by atoms with E-state index in [9.17, 15) is 5.11 Å². The highest BCUT2D eigenvalue weighted by Gasteiger charge is 2.23. The largest absolute Gasteiger partial charge is 0.390 e. The van der Waals surface area contributed by atoms with E-state index in [1.165, 1.54) is 19.3 Å². The minimum atomic E-state index is -0.225. The SMILES string of the molecule is CCCCC(C)CCC(O)C1CCCO1. The first-order chi connectivity index (χ1) is 7.24. The van der Waals surface area contributed by atoms with Crippen LogP contribution in [0.25, 0.3) is 0 Å². The zero-order chi connectivity index (χ0) is 11.1. The van der Waals surface area contributed by atoms with Crippen LogP contribution in [0.5, 0.6) is 0 Å². The fraction of sp³-hybridized carbons (Fsp3) is 1.00. The molecule has 0 bridgehead atoms. The Hall–Kier alpha value is -0.0800.